The highest BCUT2D eigenvalue weighted by Gasteiger charge is 2.58. The predicted molar refractivity (Wildman–Crippen MR) is 120 cm³/mol. The zero-order valence-electron chi connectivity index (χ0n) is 17.9. The second-order valence-corrected chi connectivity index (χ2v) is 8.61. The molecule has 2 aliphatic rings. The molecule has 4 rings (SSSR count). The van der Waals surface area contributed by atoms with Gasteiger partial charge in [-0.25, -0.2) is 4.79 Å². The first-order valence-electron chi connectivity index (χ1n) is 10.3. The van der Waals surface area contributed by atoms with Crippen LogP contribution in [0.5, 0.6) is 5.75 Å². The molecule has 2 aromatic rings. The average molecular weight is 470 g/mol. The molecule has 10 heteroatoms. The van der Waals surface area contributed by atoms with E-state index < -0.39 is 35.4 Å². The predicted octanol–water partition coefficient (Wildman–Crippen LogP) is 1.34. The summed E-state index contributed by atoms with van der Waals surface area (Å²) >= 11 is 1.30. The van der Waals surface area contributed by atoms with Gasteiger partial charge in [-0.2, -0.15) is 0 Å². The number of hydrogen-bond acceptors (Lipinski definition) is 7. The summed E-state index contributed by atoms with van der Waals surface area (Å²) in [6.07, 6.45) is -1.17. The number of hydrogen-bond donors (Lipinski definition) is 1. The lowest BCUT2D eigenvalue weighted by Gasteiger charge is -2.55. The summed E-state index contributed by atoms with van der Waals surface area (Å²) in [5.41, 5.74) is 0.792. The molecular formula is C23H23N3O6S. The number of ether oxygens (including phenoxy) is 2. The third-order valence-electron chi connectivity index (χ3n) is 5.29. The van der Waals surface area contributed by atoms with Gasteiger partial charge in [0.15, 0.2) is 6.61 Å². The molecule has 2 aromatic carbocycles. The van der Waals surface area contributed by atoms with Gasteiger partial charge >= 0.3 is 5.97 Å². The molecule has 2 saturated heterocycles. The smallest absolute Gasteiger partial charge is 0.350 e. The number of para-hydroxylation sites is 1. The van der Waals surface area contributed by atoms with Gasteiger partial charge in [-0.15, -0.1) is 11.8 Å². The van der Waals surface area contributed by atoms with Crippen LogP contribution in [-0.4, -0.2) is 63.6 Å². The Morgan fingerprint density at radius 2 is 1.73 bits per heavy atom. The molecule has 2 fully saturated rings. The van der Waals surface area contributed by atoms with E-state index in [0.717, 1.165) is 5.56 Å². The van der Waals surface area contributed by atoms with Crippen molar-refractivity contribution in [3.8, 4) is 5.75 Å². The standard InChI is InChI=1S/C23H23N3O6S/c1-15(27)25-14-33-22-19(24-18(28)13-31-17-10-6-3-7-11-17)21(29)26(22)20(25)23(30)32-12-16-8-4-2-5-9-16/h2-11,19-20,22H,12-14H2,1H3,(H,24,28). The van der Waals surface area contributed by atoms with Gasteiger partial charge in [-0.1, -0.05) is 48.5 Å². The fourth-order valence-electron chi connectivity index (χ4n) is 3.62. The molecule has 2 heterocycles. The molecule has 0 aromatic heterocycles. The topological polar surface area (TPSA) is 105 Å². The van der Waals surface area contributed by atoms with E-state index in [2.05, 4.69) is 5.32 Å². The normalized spacial score (nSPS) is 21.5. The maximum absolute atomic E-state index is 12.9. The van der Waals surface area contributed by atoms with Crippen LogP contribution in [0.1, 0.15) is 12.5 Å². The fraction of sp³-hybridized carbons (Fsp3) is 0.304. The third kappa shape index (κ3) is 4.95. The maximum atomic E-state index is 12.9. The Balaban J connectivity index is 1.38. The molecule has 3 amide bonds. The highest BCUT2D eigenvalue weighted by Crippen LogP contribution is 2.38. The van der Waals surface area contributed by atoms with Crippen molar-refractivity contribution in [2.45, 2.75) is 31.1 Å². The van der Waals surface area contributed by atoms with Gasteiger partial charge in [0.2, 0.25) is 12.1 Å². The molecule has 33 heavy (non-hydrogen) atoms. The molecule has 1 N–H and O–H groups in total. The van der Waals surface area contributed by atoms with Crippen LogP contribution in [0.2, 0.25) is 0 Å². The molecule has 0 radical (unpaired) electrons. The number of amides is 3. The van der Waals surface area contributed by atoms with Crippen LogP contribution in [0.3, 0.4) is 0 Å². The first-order valence-corrected chi connectivity index (χ1v) is 11.4. The Bertz CT molecular complexity index is 1040. The second kappa shape index (κ2) is 9.95. The van der Waals surface area contributed by atoms with E-state index in [1.54, 1.807) is 24.3 Å². The number of esters is 1. The molecule has 0 bridgehead atoms. The summed E-state index contributed by atoms with van der Waals surface area (Å²) < 4.78 is 10.8. The third-order valence-corrected chi connectivity index (χ3v) is 6.56. The Labute approximate surface area is 195 Å². The minimum Gasteiger partial charge on any atom is -0.484 e. The molecule has 2 aliphatic heterocycles. The summed E-state index contributed by atoms with van der Waals surface area (Å²) in [5, 5.41) is 2.18. The number of nitrogens with zero attached hydrogens (tertiary/aromatic N) is 2. The van der Waals surface area contributed by atoms with Crippen molar-refractivity contribution in [3.05, 3.63) is 66.2 Å². The molecule has 3 atom stereocenters. The summed E-state index contributed by atoms with van der Waals surface area (Å²) in [7, 11) is 0. The van der Waals surface area contributed by atoms with Crippen LogP contribution in [0.25, 0.3) is 0 Å². The largest absolute Gasteiger partial charge is 0.484 e. The van der Waals surface area contributed by atoms with Crippen molar-refractivity contribution in [1.82, 2.24) is 15.1 Å². The number of nitrogens with one attached hydrogen (secondary N) is 1. The van der Waals surface area contributed by atoms with Gasteiger partial charge in [-0.05, 0) is 17.7 Å². The lowest BCUT2D eigenvalue weighted by Crippen LogP contribution is -2.78. The number of benzene rings is 2. The highest BCUT2D eigenvalue weighted by molar-refractivity contribution is 8.00. The van der Waals surface area contributed by atoms with Crippen molar-refractivity contribution >= 4 is 35.5 Å². The van der Waals surface area contributed by atoms with E-state index in [4.69, 9.17) is 9.47 Å². The fourth-order valence-corrected chi connectivity index (χ4v) is 5.01. The van der Waals surface area contributed by atoms with Crippen LogP contribution in [0, 0.1) is 0 Å². The van der Waals surface area contributed by atoms with Crippen LogP contribution < -0.4 is 10.1 Å². The van der Waals surface area contributed by atoms with Crippen LogP contribution in [0.15, 0.2) is 60.7 Å². The van der Waals surface area contributed by atoms with Gasteiger partial charge in [0.1, 0.15) is 23.8 Å². The Morgan fingerprint density at radius 3 is 2.39 bits per heavy atom. The van der Waals surface area contributed by atoms with Crippen molar-refractivity contribution in [2.75, 3.05) is 12.5 Å². The van der Waals surface area contributed by atoms with E-state index in [9.17, 15) is 19.2 Å². The van der Waals surface area contributed by atoms with Crippen molar-refractivity contribution < 1.29 is 28.7 Å². The first kappa shape index (κ1) is 22.7. The zero-order chi connectivity index (χ0) is 23.4. The maximum Gasteiger partial charge on any atom is 0.350 e. The van der Waals surface area contributed by atoms with E-state index >= 15 is 0 Å². The van der Waals surface area contributed by atoms with Gasteiger partial charge in [0, 0.05) is 6.92 Å². The number of rotatable bonds is 7. The van der Waals surface area contributed by atoms with Gasteiger partial charge in [0.25, 0.3) is 11.8 Å². The lowest BCUT2D eigenvalue weighted by molar-refractivity contribution is -0.179. The molecule has 0 aliphatic carbocycles. The van der Waals surface area contributed by atoms with Crippen LogP contribution in [0.4, 0.5) is 0 Å². The van der Waals surface area contributed by atoms with Crippen molar-refractivity contribution in [3.63, 3.8) is 0 Å². The molecule has 172 valence electrons. The SMILES string of the molecule is CC(=O)N1CSC2C(NC(=O)COc3ccccc3)C(=O)N2C1C(=O)OCc1ccccc1. The Hall–Kier alpha value is -3.53. The Kier molecular flexibility index (Phi) is 6.83. The summed E-state index contributed by atoms with van der Waals surface area (Å²) in [4.78, 5) is 52.8. The lowest BCUT2D eigenvalue weighted by atomic mass is 10.1. The average Bonchev–Trinajstić information content (AvgIpc) is 2.84. The molecular weight excluding hydrogens is 446 g/mol. The summed E-state index contributed by atoms with van der Waals surface area (Å²) in [6.45, 7) is 1.12. The summed E-state index contributed by atoms with van der Waals surface area (Å²) in [5.74, 6) is -1.20. The summed E-state index contributed by atoms with van der Waals surface area (Å²) in [6, 6.07) is 17.2. The van der Waals surface area contributed by atoms with Crippen molar-refractivity contribution in [2.24, 2.45) is 0 Å². The number of carbonyl (C=O) groups is 4. The quantitative estimate of drug-likeness (QED) is 0.482. The van der Waals surface area contributed by atoms with Crippen molar-refractivity contribution in [1.29, 1.82) is 0 Å². The molecule has 0 spiro atoms. The molecule has 9 nitrogen and oxygen atoms in total. The first-order chi connectivity index (χ1) is 16.0. The van der Waals surface area contributed by atoms with E-state index in [1.165, 1.54) is 28.5 Å². The van der Waals surface area contributed by atoms with E-state index in [1.807, 2.05) is 36.4 Å². The minimum absolute atomic E-state index is 0.0265. The monoisotopic (exact) mass is 469 g/mol. The van der Waals surface area contributed by atoms with Crippen LogP contribution >= 0.6 is 11.8 Å². The van der Waals surface area contributed by atoms with E-state index in [0.29, 0.717) is 5.75 Å². The molecule has 3 unspecified atom stereocenters. The highest BCUT2D eigenvalue weighted by atomic mass is 32.2. The number of fused-ring (bicyclic) bond motifs is 1. The van der Waals surface area contributed by atoms with Crippen LogP contribution in [-0.2, 0) is 30.5 Å². The Morgan fingerprint density at radius 1 is 1.06 bits per heavy atom. The number of thioether (sulfide) groups is 1. The number of carbonyl (C=O) groups excluding carboxylic acids is 4. The zero-order valence-corrected chi connectivity index (χ0v) is 18.7. The minimum atomic E-state index is -1.17. The second-order valence-electron chi connectivity index (χ2n) is 7.53. The van der Waals surface area contributed by atoms with Gasteiger partial charge in [0.05, 0.1) is 5.88 Å². The van der Waals surface area contributed by atoms with E-state index in [-0.39, 0.29) is 25.0 Å². The van der Waals surface area contributed by atoms with Gasteiger partial charge < -0.3 is 19.7 Å². The molecule has 0 saturated carbocycles. The van der Waals surface area contributed by atoms with Gasteiger partial charge in [-0.3, -0.25) is 19.3 Å². The number of β-lactam (4-membered cyclic amide) rings is 1.